The molecule has 0 heterocycles. The van der Waals surface area contributed by atoms with E-state index in [1.54, 1.807) is 0 Å². The average Bonchev–Trinajstić information content (AvgIpc) is 2.16. The second-order valence-electron chi connectivity index (χ2n) is 3.14. The molecule has 5 nitrogen and oxygen atoms in total. The lowest BCUT2D eigenvalue weighted by molar-refractivity contribution is -0.384. The molecule has 6 heteroatoms. The van der Waals surface area contributed by atoms with Crippen LogP contribution in [0.5, 0.6) is 0 Å². The van der Waals surface area contributed by atoms with Crippen molar-refractivity contribution in [3.05, 3.63) is 39.4 Å². The van der Waals surface area contributed by atoms with Gasteiger partial charge in [-0.15, -0.1) is 0 Å². The van der Waals surface area contributed by atoms with Crippen LogP contribution < -0.4 is 0 Å². The summed E-state index contributed by atoms with van der Waals surface area (Å²) >= 11 is 0. The predicted octanol–water partition coefficient (Wildman–Crippen LogP) is 1.08. The molecule has 0 atom stereocenters. The van der Waals surface area contributed by atoms with Crippen LogP contribution in [0.3, 0.4) is 0 Å². The van der Waals surface area contributed by atoms with Crippen molar-refractivity contribution in [2.45, 2.75) is 13.8 Å². The van der Waals surface area contributed by atoms with Gasteiger partial charge in [-0.05, 0) is 19.9 Å². The number of ketones is 2. The lowest BCUT2D eigenvalue weighted by atomic mass is 10.0. The number of rotatable bonds is 3. The van der Waals surface area contributed by atoms with Crippen molar-refractivity contribution < 1.29 is 14.5 Å². The highest BCUT2D eigenvalue weighted by Gasteiger charge is 2.13. The minimum Gasteiger partial charge on any atom is -0.295 e. The third-order valence-electron chi connectivity index (χ3n) is 1.94. The van der Waals surface area contributed by atoms with Gasteiger partial charge in [-0.3, -0.25) is 19.7 Å². The Hall–Kier alpha value is -1.27. The van der Waals surface area contributed by atoms with Crippen LogP contribution in [0.15, 0.2) is 18.2 Å². The van der Waals surface area contributed by atoms with E-state index in [2.05, 4.69) is 0 Å². The first-order valence-corrected chi connectivity index (χ1v) is 4.23. The summed E-state index contributed by atoms with van der Waals surface area (Å²) < 4.78 is 0. The number of hydrogen-bond donors (Lipinski definition) is 0. The topological polar surface area (TPSA) is 77.3 Å². The Morgan fingerprint density at radius 3 is 1.69 bits per heavy atom. The molecule has 1 aromatic carbocycles. The van der Waals surface area contributed by atoms with E-state index in [0.29, 0.717) is 0 Å². The number of carbonyl (C=O) groups excluding carboxylic acids is 2. The third kappa shape index (κ3) is 3.39. The molecule has 0 amide bonds. The number of Topliss-reactive ketones (excluding diaryl/α,β-unsaturated/α-hetero) is 2. The van der Waals surface area contributed by atoms with Crippen molar-refractivity contribution >= 4 is 40.3 Å². The molecular weight excluding hydrogens is 222 g/mol. The molecule has 0 aliphatic heterocycles. The number of non-ortho nitro benzene ring substituents is 1. The highest BCUT2D eigenvalue weighted by atomic mass is 24.3. The largest absolute Gasteiger partial charge is 0.316 e. The molecule has 0 aliphatic rings. The lowest BCUT2D eigenvalue weighted by Crippen LogP contribution is -2.00. The zero-order valence-corrected chi connectivity index (χ0v) is 8.31. The Bertz CT molecular complexity index is 377. The average molecular weight is 234 g/mol. The minimum absolute atomic E-state index is 0. The molecule has 0 N–H and O–H groups in total. The van der Waals surface area contributed by atoms with Crippen LogP contribution in [0.1, 0.15) is 34.6 Å². The van der Waals surface area contributed by atoms with Gasteiger partial charge in [-0.1, -0.05) is 0 Å². The summed E-state index contributed by atoms with van der Waals surface area (Å²) in [5.74, 6) is -0.609. The molecule has 0 aliphatic carbocycles. The fraction of sp³-hybridized carbons (Fsp3) is 0.200. The van der Waals surface area contributed by atoms with Crippen LogP contribution in [0.2, 0.25) is 0 Å². The summed E-state index contributed by atoms with van der Waals surface area (Å²) in [6.45, 7) is 2.59. The van der Waals surface area contributed by atoms with Gasteiger partial charge in [0.2, 0.25) is 0 Å². The van der Waals surface area contributed by atoms with Crippen molar-refractivity contribution in [2.75, 3.05) is 0 Å². The zero-order valence-electron chi connectivity index (χ0n) is 8.31. The van der Waals surface area contributed by atoms with Crippen LogP contribution in [0.25, 0.3) is 0 Å². The van der Waals surface area contributed by atoms with Crippen molar-refractivity contribution in [1.29, 1.82) is 0 Å². The van der Waals surface area contributed by atoms with E-state index in [-0.39, 0.29) is 51.4 Å². The molecule has 0 spiro atoms. The second kappa shape index (κ2) is 5.71. The molecule has 1 rings (SSSR count). The van der Waals surface area contributed by atoms with Gasteiger partial charge in [0.1, 0.15) is 0 Å². The standard InChI is InChI=1S/C10H9NO4.Mg.2H/c1-6(12)8-3-9(7(2)13)5-10(4-8)11(14)15;;;/h3-5H,1-2H3;;;. The summed E-state index contributed by atoms with van der Waals surface area (Å²) in [4.78, 5) is 32.0. The Morgan fingerprint density at radius 2 is 1.44 bits per heavy atom. The molecule has 0 aromatic heterocycles. The number of nitrogens with zero attached hydrogens (tertiary/aromatic N) is 1. The normalized spacial score (nSPS) is 9.12. The molecule has 0 fully saturated rings. The van der Waals surface area contributed by atoms with Crippen LogP contribution in [-0.4, -0.2) is 39.5 Å². The Balaban J connectivity index is 0.00000225. The first-order chi connectivity index (χ1) is 6.91. The zero-order chi connectivity index (χ0) is 11.6. The van der Waals surface area contributed by atoms with Crippen molar-refractivity contribution in [3.8, 4) is 0 Å². The summed E-state index contributed by atoms with van der Waals surface area (Å²) in [5.41, 5.74) is 0.108. The lowest BCUT2D eigenvalue weighted by Gasteiger charge is -2.00. The molecule has 82 valence electrons. The summed E-state index contributed by atoms with van der Waals surface area (Å²) in [6, 6.07) is 3.68. The summed E-state index contributed by atoms with van der Waals surface area (Å²) in [5, 5.41) is 10.5. The molecule has 0 bridgehead atoms. The van der Waals surface area contributed by atoms with Crippen LogP contribution >= 0.6 is 0 Å². The molecule has 0 saturated carbocycles. The number of nitro benzene ring substituents is 1. The highest BCUT2D eigenvalue weighted by molar-refractivity contribution is 6.00. The number of hydrogen-bond acceptors (Lipinski definition) is 4. The van der Waals surface area contributed by atoms with E-state index in [1.165, 1.54) is 19.9 Å². The van der Waals surface area contributed by atoms with E-state index >= 15 is 0 Å². The number of benzene rings is 1. The fourth-order valence-corrected chi connectivity index (χ4v) is 1.12. The number of carbonyl (C=O) groups is 2. The van der Waals surface area contributed by atoms with Gasteiger partial charge in [0.25, 0.3) is 5.69 Å². The third-order valence-corrected chi connectivity index (χ3v) is 1.94. The summed E-state index contributed by atoms with van der Waals surface area (Å²) in [6.07, 6.45) is 0. The Labute approximate surface area is 108 Å². The van der Waals surface area contributed by atoms with E-state index in [4.69, 9.17) is 0 Å². The maximum absolute atomic E-state index is 11.1. The van der Waals surface area contributed by atoms with E-state index in [1.807, 2.05) is 0 Å². The van der Waals surface area contributed by atoms with E-state index < -0.39 is 4.92 Å². The first-order valence-electron chi connectivity index (χ1n) is 4.23. The molecule has 0 radical (unpaired) electrons. The Morgan fingerprint density at radius 1 is 1.06 bits per heavy atom. The highest BCUT2D eigenvalue weighted by Crippen LogP contribution is 2.18. The van der Waals surface area contributed by atoms with Gasteiger partial charge in [0, 0.05) is 23.3 Å². The van der Waals surface area contributed by atoms with Crippen LogP contribution in [0.4, 0.5) is 5.69 Å². The van der Waals surface area contributed by atoms with E-state index in [9.17, 15) is 19.7 Å². The van der Waals surface area contributed by atoms with Gasteiger partial charge in [-0.2, -0.15) is 0 Å². The van der Waals surface area contributed by atoms with Crippen molar-refractivity contribution in [3.63, 3.8) is 0 Å². The van der Waals surface area contributed by atoms with Crippen LogP contribution in [-0.2, 0) is 0 Å². The van der Waals surface area contributed by atoms with Gasteiger partial charge >= 0.3 is 23.1 Å². The van der Waals surface area contributed by atoms with Crippen LogP contribution in [0, 0.1) is 10.1 Å². The second-order valence-corrected chi connectivity index (χ2v) is 3.14. The molecule has 1 aromatic rings. The van der Waals surface area contributed by atoms with Gasteiger partial charge in [0.05, 0.1) is 4.92 Å². The molecular formula is C10H11MgNO4. The smallest absolute Gasteiger partial charge is 0.295 e. The van der Waals surface area contributed by atoms with Gasteiger partial charge in [0.15, 0.2) is 11.6 Å². The number of nitro groups is 1. The van der Waals surface area contributed by atoms with Crippen molar-refractivity contribution in [1.82, 2.24) is 0 Å². The SMILES string of the molecule is CC(=O)c1cc(C(C)=O)cc([N+](=O)[O-])c1.[MgH2]. The minimum atomic E-state index is -0.626. The Kier molecular flexibility index (Phi) is 5.26. The van der Waals surface area contributed by atoms with Gasteiger partial charge < -0.3 is 0 Å². The molecule has 0 saturated heterocycles. The molecule has 16 heavy (non-hydrogen) atoms. The maximum atomic E-state index is 11.1. The summed E-state index contributed by atoms with van der Waals surface area (Å²) in [7, 11) is 0. The first kappa shape index (κ1) is 14.7. The maximum Gasteiger partial charge on any atom is 0.316 e. The predicted molar refractivity (Wildman–Crippen MR) is 61.6 cm³/mol. The molecule has 0 unspecified atom stereocenters. The van der Waals surface area contributed by atoms with Gasteiger partial charge in [-0.25, -0.2) is 0 Å². The fourth-order valence-electron chi connectivity index (χ4n) is 1.12. The quantitative estimate of drug-likeness (QED) is 0.339. The van der Waals surface area contributed by atoms with Crippen molar-refractivity contribution in [2.24, 2.45) is 0 Å². The monoisotopic (exact) mass is 233 g/mol. The van der Waals surface area contributed by atoms with E-state index in [0.717, 1.165) is 12.1 Å².